The second-order valence-corrected chi connectivity index (χ2v) is 7.72. The van der Waals surface area contributed by atoms with Crippen molar-refractivity contribution < 1.29 is 9.59 Å². The molecule has 1 heterocycles. The highest BCUT2D eigenvalue weighted by atomic mass is 16.2. The molecule has 0 bridgehead atoms. The van der Waals surface area contributed by atoms with Gasteiger partial charge in [0, 0.05) is 37.5 Å². The van der Waals surface area contributed by atoms with Gasteiger partial charge in [-0.15, -0.1) is 0 Å². The maximum absolute atomic E-state index is 12.6. The Balaban J connectivity index is 1.57. The molecule has 3 rings (SSSR count). The Morgan fingerprint density at radius 3 is 2.68 bits per heavy atom. The molecule has 1 aromatic carbocycles. The Morgan fingerprint density at radius 2 is 1.92 bits per heavy atom. The molecule has 0 radical (unpaired) electrons. The lowest BCUT2D eigenvalue weighted by Crippen LogP contribution is -2.49. The van der Waals surface area contributed by atoms with Crippen LogP contribution in [0.15, 0.2) is 18.2 Å². The molecule has 2 N–H and O–H groups in total. The Bertz CT molecular complexity index is 641. The quantitative estimate of drug-likeness (QED) is 0.836. The number of rotatable bonds is 5. The van der Waals surface area contributed by atoms with Crippen LogP contribution >= 0.6 is 0 Å². The van der Waals surface area contributed by atoms with Crippen LogP contribution in [0, 0.1) is 5.92 Å². The third-order valence-corrected chi connectivity index (χ3v) is 5.81. The molecule has 25 heavy (non-hydrogen) atoms. The lowest BCUT2D eigenvalue weighted by Gasteiger charge is -2.38. The smallest absolute Gasteiger partial charge is 0.223 e. The largest absolute Gasteiger partial charge is 0.338 e. The topological polar surface area (TPSA) is 63.4 Å². The molecule has 1 aromatic rings. The van der Waals surface area contributed by atoms with Crippen molar-refractivity contribution in [3.63, 3.8) is 0 Å². The predicted octanol–water partition coefficient (Wildman–Crippen LogP) is 3.11. The third kappa shape index (κ3) is 4.30. The maximum Gasteiger partial charge on any atom is 0.223 e. The van der Waals surface area contributed by atoms with E-state index in [4.69, 9.17) is 5.73 Å². The number of hydrogen-bond donors (Lipinski definition) is 1. The van der Waals surface area contributed by atoms with Crippen LogP contribution in [-0.4, -0.2) is 35.7 Å². The lowest BCUT2D eigenvalue weighted by atomic mass is 9.89. The second kappa shape index (κ2) is 8.13. The first-order valence-electron chi connectivity index (χ1n) is 9.73. The van der Waals surface area contributed by atoms with Gasteiger partial charge in [-0.05, 0) is 61.6 Å². The van der Waals surface area contributed by atoms with Crippen LogP contribution in [-0.2, 0) is 17.6 Å². The fraction of sp³-hybridized carbons (Fsp3) is 0.619. The summed E-state index contributed by atoms with van der Waals surface area (Å²) in [5.74, 6) is 0.778. The molecule has 1 aliphatic carbocycles. The fourth-order valence-corrected chi connectivity index (χ4v) is 4.22. The van der Waals surface area contributed by atoms with Gasteiger partial charge in [0.25, 0.3) is 0 Å². The van der Waals surface area contributed by atoms with Crippen LogP contribution in [0.3, 0.4) is 0 Å². The van der Waals surface area contributed by atoms with E-state index in [0.717, 1.165) is 37.8 Å². The molecule has 136 valence electrons. The normalized spacial score (nSPS) is 23.2. The van der Waals surface area contributed by atoms with Crippen molar-refractivity contribution in [3.05, 3.63) is 34.9 Å². The van der Waals surface area contributed by atoms with E-state index in [1.54, 1.807) is 0 Å². The highest BCUT2D eigenvalue weighted by Gasteiger charge is 2.28. The minimum Gasteiger partial charge on any atom is -0.338 e. The maximum atomic E-state index is 12.6. The Morgan fingerprint density at radius 1 is 1.16 bits per heavy atom. The van der Waals surface area contributed by atoms with Crippen LogP contribution < -0.4 is 5.73 Å². The van der Waals surface area contributed by atoms with Gasteiger partial charge in [-0.1, -0.05) is 19.1 Å². The number of ketones is 1. The Labute approximate surface area is 150 Å². The number of hydrogen-bond acceptors (Lipinski definition) is 3. The van der Waals surface area contributed by atoms with Crippen molar-refractivity contribution in [3.8, 4) is 0 Å². The van der Waals surface area contributed by atoms with Gasteiger partial charge in [0.2, 0.25) is 5.91 Å². The molecule has 0 spiro atoms. The molecule has 0 aromatic heterocycles. The predicted molar refractivity (Wildman–Crippen MR) is 99.6 cm³/mol. The minimum absolute atomic E-state index is 0.0775. The Kier molecular flexibility index (Phi) is 5.89. The van der Waals surface area contributed by atoms with Crippen molar-refractivity contribution >= 4 is 11.7 Å². The summed E-state index contributed by atoms with van der Waals surface area (Å²) >= 11 is 0. The molecule has 1 amide bonds. The fourth-order valence-electron chi connectivity index (χ4n) is 4.22. The average Bonchev–Trinajstić information content (AvgIpc) is 2.65. The van der Waals surface area contributed by atoms with Gasteiger partial charge in [0.05, 0.1) is 0 Å². The van der Waals surface area contributed by atoms with Crippen LogP contribution in [0.25, 0.3) is 0 Å². The first kappa shape index (κ1) is 18.1. The van der Waals surface area contributed by atoms with Crippen LogP contribution in [0.4, 0.5) is 0 Å². The molecular weight excluding hydrogens is 312 g/mol. The summed E-state index contributed by atoms with van der Waals surface area (Å²) in [6, 6.07) is 6.21. The average molecular weight is 342 g/mol. The first-order valence-corrected chi connectivity index (χ1v) is 9.73. The molecule has 1 fully saturated rings. The number of amides is 1. The van der Waals surface area contributed by atoms with Crippen LogP contribution in [0.5, 0.6) is 0 Å². The van der Waals surface area contributed by atoms with Gasteiger partial charge >= 0.3 is 0 Å². The number of benzene rings is 1. The summed E-state index contributed by atoms with van der Waals surface area (Å²) in [5, 5.41) is 0. The number of fused-ring (bicyclic) bond motifs is 1. The number of aryl methyl sites for hydroxylation is 2. The molecule has 2 aliphatic rings. The summed E-state index contributed by atoms with van der Waals surface area (Å²) < 4.78 is 0. The summed E-state index contributed by atoms with van der Waals surface area (Å²) in [7, 11) is 0. The van der Waals surface area contributed by atoms with E-state index >= 15 is 0 Å². The second-order valence-electron chi connectivity index (χ2n) is 7.72. The zero-order chi connectivity index (χ0) is 17.8. The summed E-state index contributed by atoms with van der Waals surface area (Å²) in [4.78, 5) is 27.0. The van der Waals surface area contributed by atoms with E-state index in [2.05, 4.69) is 13.0 Å². The van der Waals surface area contributed by atoms with Gasteiger partial charge in [0.1, 0.15) is 0 Å². The zero-order valence-electron chi connectivity index (χ0n) is 15.3. The molecule has 1 aliphatic heterocycles. The number of piperidine rings is 1. The van der Waals surface area contributed by atoms with Gasteiger partial charge in [0.15, 0.2) is 5.78 Å². The molecule has 4 heteroatoms. The monoisotopic (exact) mass is 342 g/mol. The Hall–Kier alpha value is -1.68. The number of carbonyl (C=O) groups is 2. The van der Waals surface area contributed by atoms with E-state index in [1.165, 1.54) is 24.0 Å². The summed E-state index contributed by atoms with van der Waals surface area (Å²) in [6.07, 6.45) is 7.22. The zero-order valence-corrected chi connectivity index (χ0v) is 15.3. The SMILES string of the molecule is CC1CCN(C(=O)CCC(=O)c2ccc3c(c2)CCCC3)C(CN)C1. The van der Waals surface area contributed by atoms with E-state index in [9.17, 15) is 9.59 Å². The van der Waals surface area contributed by atoms with Crippen molar-refractivity contribution in [2.45, 2.75) is 64.3 Å². The highest BCUT2D eigenvalue weighted by Crippen LogP contribution is 2.24. The van der Waals surface area contributed by atoms with E-state index in [1.807, 2.05) is 17.0 Å². The standard InChI is InChI=1S/C21H30N2O2/c1-15-10-11-23(19(12-15)14-22)21(25)9-8-20(24)18-7-6-16-4-2-3-5-17(16)13-18/h6-7,13,15,19H,2-5,8-12,14,22H2,1H3. The van der Waals surface area contributed by atoms with Gasteiger partial charge in [-0.3, -0.25) is 9.59 Å². The third-order valence-electron chi connectivity index (χ3n) is 5.81. The van der Waals surface area contributed by atoms with E-state index in [0.29, 0.717) is 25.3 Å². The van der Waals surface area contributed by atoms with Crippen molar-refractivity contribution in [1.29, 1.82) is 0 Å². The van der Waals surface area contributed by atoms with Crippen LogP contribution in [0.2, 0.25) is 0 Å². The number of nitrogens with two attached hydrogens (primary N) is 1. The molecule has 4 nitrogen and oxygen atoms in total. The van der Waals surface area contributed by atoms with Crippen molar-refractivity contribution in [1.82, 2.24) is 4.90 Å². The molecule has 2 unspecified atom stereocenters. The van der Waals surface area contributed by atoms with Crippen molar-refractivity contribution in [2.24, 2.45) is 11.7 Å². The summed E-state index contributed by atoms with van der Waals surface area (Å²) in [5.41, 5.74) is 9.30. The van der Waals surface area contributed by atoms with E-state index in [-0.39, 0.29) is 17.7 Å². The van der Waals surface area contributed by atoms with Crippen LogP contribution in [0.1, 0.15) is 66.9 Å². The first-order chi connectivity index (χ1) is 12.1. The van der Waals surface area contributed by atoms with Gasteiger partial charge in [-0.25, -0.2) is 0 Å². The van der Waals surface area contributed by atoms with Crippen molar-refractivity contribution in [2.75, 3.05) is 13.1 Å². The highest BCUT2D eigenvalue weighted by molar-refractivity contribution is 5.98. The number of Topliss-reactive ketones (excluding diaryl/α,β-unsaturated/α-hetero) is 1. The van der Waals surface area contributed by atoms with E-state index < -0.39 is 0 Å². The molecule has 2 atom stereocenters. The summed E-state index contributed by atoms with van der Waals surface area (Å²) in [6.45, 7) is 3.49. The molecule has 1 saturated heterocycles. The van der Waals surface area contributed by atoms with Gasteiger partial charge in [-0.2, -0.15) is 0 Å². The van der Waals surface area contributed by atoms with Gasteiger partial charge < -0.3 is 10.6 Å². The lowest BCUT2D eigenvalue weighted by molar-refractivity contribution is -0.135. The molecule has 0 saturated carbocycles. The molecular formula is C21H30N2O2. The number of carbonyl (C=O) groups excluding carboxylic acids is 2. The minimum atomic E-state index is 0.0775. The number of nitrogens with zero attached hydrogens (tertiary/aromatic N) is 1. The number of likely N-dealkylation sites (tertiary alicyclic amines) is 1.